The molecule has 0 saturated heterocycles. The molecule has 0 atom stereocenters. The summed E-state index contributed by atoms with van der Waals surface area (Å²) in [7, 11) is 0. The monoisotopic (exact) mass is 208 g/mol. The molecule has 0 aliphatic heterocycles. The van der Waals surface area contributed by atoms with Crippen molar-refractivity contribution in [3.8, 4) is 0 Å². The zero-order valence-corrected chi connectivity index (χ0v) is 8.26. The van der Waals surface area contributed by atoms with Crippen molar-refractivity contribution in [3.63, 3.8) is 0 Å². The fraction of sp³-hybridized carbons (Fsp3) is 0.125. The van der Waals surface area contributed by atoms with Crippen LogP contribution in [-0.2, 0) is 0 Å². The van der Waals surface area contributed by atoms with E-state index < -0.39 is 0 Å². The summed E-state index contributed by atoms with van der Waals surface area (Å²) in [6.07, 6.45) is 0. The number of fused-ring (bicyclic) bond motifs is 1. The van der Waals surface area contributed by atoms with Crippen LogP contribution in [0.1, 0.15) is 5.56 Å². The van der Waals surface area contributed by atoms with Gasteiger partial charge in [0.2, 0.25) is 0 Å². The van der Waals surface area contributed by atoms with Crippen LogP contribution in [0, 0.1) is 6.92 Å². The molecule has 2 aromatic rings. The lowest BCUT2D eigenvalue weighted by Gasteiger charge is -2.06. The first-order valence-electron chi connectivity index (χ1n) is 3.97. The van der Waals surface area contributed by atoms with E-state index in [1.807, 2.05) is 19.1 Å². The first-order valence-corrected chi connectivity index (χ1v) is 4.37. The molecule has 14 heavy (non-hydrogen) atoms. The number of thiocarbonyl (C=S) groups is 1. The predicted octanol–water partition coefficient (Wildman–Crippen LogP) is 1.19. The minimum absolute atomic E-state index is 0.198. The highest BCUT2D eigenvalue weighted by Gasteiger charge is 2.09. The van der Waals surface area contributed by atoms with E-state index in [4.69, 9.17) is 18.0 Å². The van der Waals surface area contributed by atoms with E-state index in [-0.39, 0.29) is 5.11 Å². The van der Waals surface area contributed by atoms with Gasteiger partial charge in [-0.15, -0.1) is 0 Å². The summed E-state index contributed by atoms with van der Waals surface area (Å²) in [5.74, 6) is 0. The number of nitrogens with zero attached hydrogens (tertiary/aromatic N) is 2. The molecule has 1 heterocycles. The second kappa shape index (κ2) is 3.22. The van der Waals surface area contributed by atoms with Crippen LogP contribution in [0.25, 0.3) is 11.0 Å². The SMILES string of the molecule is Cc1ccc2nonc2c1NC(N)=S. The van der Waals surface area contributed by atoms with Crippen LogP contribution in [0.15, 0.2) is 16.8 Å². The van der Waals surface area contributed by atoms with Gasteiger partial charge in [0.25, 0.3) is 0 Å². The van der Waals surface area contributed by atoms with Crippen molar-refractivity contribution in [2.45, 2.75) is 6.92 Å². The van der Waals surface area contributed by atoms with Crippen molar-refractivity contribution in [3.05, 3.63) is 17.7 Å². The fourth-order valence-corrected chi connectivity index (χ4v) is 1.34. The lowest BCUT2D eigenvalue weighted by Crippen LogP contribution is -2.19. The maximum Gasteiger partial charge on any atom is 0.168 e. The maximum atomic E-state index is 5.39. The van der Waals surface area contributed by atoms with Gasteiger partial charge in [0.05, 0.1) is 5.69 Å². The molecule has 72 valence electrons. The van der Waals surface area contributed by atoms with E-state index in [1.54, 1.807) is 0 Å². The molecular formula is C8H8N4OS. The highest BCUT2D eigenvalue weighted by Crippen LogP contribution is 2.23. The van der Waals surface area contributed by atoms with E-state index in [0.29, 0.717) is 11.0 Å². The standard InChI is InChI=1S/C8H8N4OS/c1-4-2-3-5-7(12-13-11-5)6(4)10-8(9)14/h2-3H,1H3,(H3,9,10,14). The summed E-state index contributed by atoms with van der Waals surface area (Å²) in [5.41, 5.74) is 8.44. The van der Waals surface area contributed by atoms with Crippen LogP contribution < -0.4 is 11.1 Å². The normalized spacial score (nSPS) is 10.4. The summed E-state index contributed by atoms with van der Waals surface area (Å²) >= 11 is 4.76. The highest BCUT2D eigenvalue weighted by atomic mass is 32.1. The molecule has 0 bridgehead atoms. The number of rotatable bonds is 1. The Morgan fingerprint density at radius 2 is 2.29 bits per heavy atom. The Labute approximate surface area is 85.2 Å². The summed E-state index contributed by atoms with van der Waals surface area (Å²) in [6, 6.07) is 3.72. The highest BCUT2D eigenvalue weighted by molar-refractivity contribution is 7.80. The molecule has 1 aromatic carbocycles. The van der Waals surface area contributed by atoms with Crippen molar-refractivity contribution in [1.29, 1.82) is 0 Å². The molecule has 0 radical (unpaired) electrons. The largest absolute Gasteiger partial charge is 0.376 e. The summed E-state index contributed by atoms with van der Waals surface area (Å²) < 4.78 is 4.62. The zero-order valence-electron chi connectivity index (χ0n) is 7.44. The van der Waals surface area contributed by atoms with Crippen molar-refractivity contribution >= 4 is 34.1 Å². The Hall–Kier alpha value is -1.69. The molecule has 0 fully saturated rings. The van der Waals surface area contributed by atoms with Crippen LogP contribution in [0.2, 0.25) is 0 Å². The van der Waals surface area contributed by atoms with Gasteiger partial charge in [-0.25, -0.2) is 4.63 Å². The van der Waals surface area contributed by atoms with Crippen LogP contribution in [0.3, 0.4) is 0 Å². The Morgan fingerprint density at radius 1 is 1.50 bits per heavy atom. The van der Waals surface area contributed by atoms with Gasteiger partial charge in [0.15, 0.2) is 10.6 Å². The van der Waals surface area contributed by atoms with E-state index in [1.165, 1.54) is 0 Å². The number of hydrogen-bond acceptors (Lipinski definition) is 4. The average Bonchev–Trinajstić information content (AvgIpc) is 2.57. The summed E-state index contributed by atoms with van der Waals surface area (Å²) in [6.45, 7) is 1.93. The third-order valence-electron chi connectivity index (χ3n) is 1.88. The first kappa shape index (κ1) is 8.89. The lowest BCUT2D eigenvalue weighted by molar-refractivity contribution is 0.315. The molecule has 0 aliphatic rings. The minimum atomic E-state index is 0.198. The van der Waals surface area contributed by atoms with Gasteiger partial charge >= 0.3 is 0 Å². The molecule has 0 saturated carbocycles. The average molecular weight is 208 g/mol. The Kier molecular flexibility index (Phi) is 2.05. The van der Waals surface area contributed by atoms with Gasteiger partial charge in [0, 0.05) is 0 Å². The second-order valence-electron chi connectivity index (χ2n) is 2.88. The Morgan fingerprint density at radius 3 is 3.00 bits per heavy atom. The van der Waals surface area contributed by atoms with Gasteiger partial charge < -0.3 is 11.1 Å². The summed E-state index contributed by atoms with van der Waals surface area (Å²) in [5, 5.41) is 10.5. The van der Waals surface area contributed by atoms with E-state index in [0.717, 1.165) is 11.3 Å². The van der Waals surface area contributed by atoms with Crippen molar-refractivity contribution in [2.75, 3.05) is 5.32 Å². The van der Waals surface area contributed by atoms with E-state index in [9.17, 15) is 0 Å². The summed E-state index contributed by atoms with van der Waals surface area (Å²) in [4.78, 5) is 0. The van der Waals surface area contributed by atoms with Gasteiger partial charge in [-0.1, -0.05) is 6.07 Å². The zero-order chi connectivity index (χ0) is 10.1. The van der Waals surface area contributed by atoms with Crippen molar-refractivity contribution in [2.24, 2.45) is 5.73 Å². The molecule has 6 heteroatoms. The third-order valence-corrected chi connectivity index (χ3v) is 1.99. The van der Waals surface area contributed by atoms with Gasteiger partial charge in [-0.3, -0.25) is 0 Å². The van der Waals surface area contributed by atoms with Gasteiger partial charge in [0.1, 0.15) is 5.52 Å². The number of aryl methyl sites for hydroxylation is 1. The number of benzene rings is 1. The topological polar surface area (TPSA) is 77.0 Å². The molecule has 5 nitrogen and oxygen atoms in total. The van der Waals surface area contributed by atoms with Crippen LogP contribution in [-0.4, -0.2) is 15.4 Å². The van der Waals surface area contributed by atoms with Crippen LogP contribution >= 0.6 is 12.2 Å². The quantitative estimate of drug-likeness (QED) is 0.685. The Balaban J connectivity index is 2.64. The minimum Gasteiger partial charge on any atom is -0.376 e. The smallest absolute Gasteiger partial charge is 0.168 e. The van der Waals surface area contributed by atoms with E-state index >= 15 is 0 Å². The molecule has 1 aromatic heterocycles. The number of hydrogen-bond donors (Lipinski definition) is 2. The molecule has 0 spiro atoms. The van der Waals surface area contributed by atoms with E-state index in [2.05, 4.69) is 20.3 Å². The van der Waals surface area contributed by atoms with Crippen LogP contribution in [0.4, 0.5) is 5.69 Å². The molecule has 2 rings (SSSR count). The molecule has 0 unspecified atom stereocenters. The lowest BCUT2D eigenvalue weighted by atomic mass is 10.1. The van der Waals surface area contributed by atoms with Gasteiger partial charge in [-0.2, -0.15) is 0 Å². The molecule has 3 N–H and O–H groups in total. The Bertz CT molecular complexity index is 493. The predicted molar refractivity (Wildman–Crippen MR) is 56.9 cm³/mol. The van der Waals surface area contributed by atoms with Gasteiger partial charge in [-0.05, 0) is 41.1 Å². The maximum absolute atomic E-state index is 5.39. The third kappa shape index (κ3) is 1.39. The molecule has 0 amide bonds. The molecule has 0 aliphatic carbocycles. The number of nitrogens with one attached hydrogen (secondary N) is 1. The van der Waals surface area contributed by atoms with Crippen LogP contribution in [0.5, 0.6) is 0 Å². The fourth-order valence-electron chi connectivity index (χ4n) is 1.23. The van der Waals surface area contributed by atoms with Crippen molar-refractivity contribution in [1.82, 2.24) is 10.3 Å². The number of anilines is 1. The second-order valence-corrected chi connectivity index (χ2v) is 3.32. The van der Waals surface area contributed by atoms with Crippen molar-refractivity contribution < 1.29 is 4.63 Å². The first-order chi connectivity index (χ1) is 6.68. The number of aromatic nitrogens is 2. The molecular weight excluding hydrogens is 200 g/mol. The number of nitrogens with two attached hydrogens (primary N) is 1.